The zero-order valence-corrected chi connectivity index (χ0v) is 24.9. The second-order valence-corrected chi connectivity index (χ2v) is 12.8. The number of carbonyl (C=O) groups is 3. The number of amides is 3. The highest BCUT2D eigenvalue weighted by Gasteiger charge is 2.42. The summed E-state index contributed by atoms with van der Waals surface area (Å²) in [5.74, 6) is -1.84. The lowest BCUT2D eigenvalue weighted by Crippen LogP contribution is -2.55. The zero-order chi connectivity index (χ0) is 30.3. The molecule has 2 fully saturated rings. The fourth-order valence-electron chi connectivity index (χ4n) is 5.27. The molecular formula is C28H38ClN7O5S. The highest BCUT2D eigenvalue weighted by Crippen LogP contribution is 2.21. The quantitative estimate of drug-likeness (QED) is 0.226. The molecule has 2 aliphatic heterocycles. The van der Waals surface area contributed by atoms with E-state index in [0.717, 1.165) is 11.1 Å². The molecular weight excluding hydrogens is 582 g/mol. The van der Waals surface area contributed by atoms with E-state index in [1.807, 2.05) is 0 Å². The number of likely N-dealkylation sites (tertiary alicyclic amines) is 1. The summed E-state index contributed by atoms with van der Waals surface area (Å²) in [7, 11) is -4.03. The Morgan fingerprint density at radius 3 is 2.48 bits per heavy atom. The molecule has 0 aliphatic carbocycles. The first kappa shape index (κ1) is 31.9. The summed E-state index contributed by atoms with van der Waals surface area (Å²) in [6, 6.07) is 10.9. The van der Waals surface area contributed by atoms with Crippen LogP contribution in [-0.4, -0.2) is 86.8 Å². The van der Waals surface area contributed by atoms with Crippen LogP contribution < -0.4 is 26.8 Å². The standard InChI is InChI=1S/C28H38ClN7O5S/c29-22-7-6-20(15-30)21(12-22)16-33-27(38)25-13-23(31)17-36(25)28(39)24(14-26(37)35-10-8-32-9-11-35)34-42(40,41)18-19-4-2-1-3-5-19/h1-7,12,23-25,32,34H,8-11,13-18,30-31H2,(H,33,38)/t23-,24-,25+/m1/s1. The molecule has 0 aromatic heterocycles. The average Bonchev–Trinajstić information content (AvgIpc) is 3.37. The van der Waals surface area contributed by atoms with Gasteiger partial charge >= 0.3 is 0 Å². The van der Waals surface area contributed by atoms with E-state index in [2.05, 4.69) is 15.4 Å². The van der Waals surface area contributed by atoms with Crippen LogP contribution in [0, 0.1) is 0 Å². The summed E-state index contributed by atoms with van der Waals surface area (Å²) >= 11 is 6.12. The Kier molecular flexibility index (Phi) is 10.9. The molecule has 42 heavy (non-hydrogen) atoms. The van der Waals surface area contributed by atoms with E-state index < -0.39 is 40.0 Å². The van der Waals surface area contributed by atoms with E-state index in [-0.39, 0.29) is 44.1 Å². The molecule has 228 valence electrons. The smallest absolute Gasteiger partial charge is 0.243 e. The van der Waals surface area contributed by atoms with Gasteiger partial charge in [-0.2, -0.15) is 0 Å². The van der Waals surface area contributed by atoms with E-state index in [1.165, 1.54) is 4.90 Å². The minimum Gasteiger partial charge on any atom is -0.350 e. The molecule has 0 unspecified atom stereocenters. The van der Waals surface area contributed by atoms with Gasteiger partial charge in [0.2, 0.25) is 27.7 Å². The van der Waals surface area contributed by atoms with Crippen LogP contribution in [0.4, 0.5) is 0 Å². The fourth-order valence-corrected chi connectivity index (χ4v) is 6.80. The van der Waals surface area contributed by atoms with Crippen LogP contribution in [0.3, 0.4) is 0 Å². The van der Waals surface area contributed by atoms with E-state index in [9.17, 15) is 22.8 Å². The van der Waals surface area contributed by atoms with Crippen LogP contribution in [-0.2, 0) is 43.2 Å². The second-order valence-electron chi connectivity index (χ2n) is 10.6. The number of nitrogens with two attached hydrogens (primary N) is 2. The van der Waals surface area contributed by atoms with Gasteiger partial charge in [-0.25, -0.2) is 13.1 Å². The van der Waals surface area contributed by atoms with Crippen LogP contribution in [0.15, 0.2) is 48.5 Å². The van der Waals surface area contributed by atoms with Crippen LogP contribution >= 0.6 is 11.6 Å². The number of hydrogen-bond donors (Lipinski definition) is 5. The van der Waals surface area contributed by atoms with Gasteiger partial charge in [-0.15, -0.1) is 0 Å². The highest BCUT2D eigenvalue weighted by molar-refractivity contribution is 7.88. The van der Waals surface area contributed by atoms with Crippen LogP contribution in [0.25, 0.3) is 0 Å². The number of halogens is 1. The summed E-state index contributed by atoms with van der Waals surface area (Å²) in [5, 5.41) is 6.49. The lowest BCUT2D eigenvalue weighted by molar-refractivity contribution is -0.142. The topological polar surface area (TPSA) is 180 Å². The van der Waals surface area contributed by atoms with E-state index >= 15 is 0 Å². The van der Waals surface area contributed by atoms with Crippen LogP contribution in [0.1, 0.15) is 29.5 Å². The minimum absolute atomic E-state index is 0.0425. The average molecular weight is 620 g/mol. The third-order valence-electron chi connectivity index (χ3n) is 7.43. The van der Waals surface area contributed by atoms with E-state index in [0.29, 0.717) is 36.8 Å². The first-order chi connectivity index (χ1) is 20.1. The maximum atomic E-state index is 13.9. The Hall–Kier alpha value is -3.07. The van der Waals surface area contributed by atoms with Crippen LogP contribution in [0.2, 0.25) is 5.02 Å². The molecule has 4 rings (SSSR count). The number of hydrogen-bond acceptors (Lipinski definition) is 8. The third-order valence-corrected chi connectivity index (χ3v) is 9.02. The van der Waals surface area contributed by atoms with E-state index in [1.54, 1.807) is 53.4 Å². The SMILES string of the molecule is NCc1ccc(Cl)cc1CNC(=O)[C@@H]1C[C@@H](N)CN1C(=O)[C@@H](CC(=O)N1CCNCC1)NS(=O)(=O)Cc1ccccc1. The number of benzene rings is 2. The summed E-state index contributed by atoms with van der Waals surface area (Å²) < 4.78 is 28.8. The number of carbonyl (C=O) groups excluding carboxylic acids is 3. The summed E-state index contributed by atoms with van der Waals surface area (Å²) in [5.41, 5.74) is 14.1. The van der Waals surface area contributed by atoms with Crippen molar-refractivity contribution in [3.05, 3.63) is 70.2 Å². The van der Waals surface area contributed by atoms with Gasteiger partial charge in [0.1, 0.15) is 12.1 Å². The molecule has 0 bridgehead atoms. The van der Waals surface area contributed by atoms with Crippen molar-refractivity contribution in [1.82, 2.24) is 25.2 Å². The minimum atomic E-state index is -4.03. The first-order valence-electron chi connectivity index (χ1n) is 13.9. The highest BCUT2D eigenvalue weighted by atomic mass is 35.5. The Balaban J connectivity index is 1.52. The van der Waals surface area contributed by atoms with Gasteiger partial charge < -0.3 is 31.9 Å². The zero-order valence-electron chi connectivity index (χ0n) is 23.3. The maximum absolute atomic E-state index is 13.9. The van der Waals surface area contributed by atoms with Crippen molar-refractivity contribution in [2.24, 2.45) is 11.5 Å². The molecule has 3 amide bonds. The summed E-state index contributed by atoms with van der Waals surface area (Å²) in [6.07, 6.45) is -0.193. The van der Waals surface area contributed by atoms with Gasteiger partial charge in [0, 0.05) is 56.9 Å². The van der Waals surface area contributed by atoms with Crippen molar-refractivity contribution in [3.63, 3.8) is 0 Å². The lowest BCUT2D eigenvalue weighted by Gasteiger charge is -2.31. The molecule has 2 aromatic carbocycles. The van der Waals surface area contributed by atoms with Crippen molar-refractivity contribution in [2.75, 3.05) is 32.7 Å². The molecule has 0 saturated carbocycles. The van der Waals surface area contributed by atoms with Gasteiger partial charge in [0.05, 0.1) is 12.2 Å². The maximum Gasteiger partial charge on any atom is 0.243 e. The molecule has 3 atom stereocenters. The van der Waals surface area contributed by atoms with Crippen molar-refractivity contribution in [2.45, 2.75) is 49.8 Å². The van der Waals surface area contributed by atoms with Crippen LogP contribution in [0.5, 0.6) is 0 Å². The number of rotatable bonds is 11. The monoisotopic (exact) mass is 619 g/mol. The third kappa shape index (κ3) is 8.49. The normalized spacial score (nSPS) is 19.9. The van der Waals surface area contributed by atoms with Gasteiger partial charge in [-0.1, -0.05) is 48.0 Å². The molecule has 7 N–H and O–H groups in total. The summed E-state index contributed by atoms with van der Waals surface area (Å²) in [6.45, 7) is 2.54. The lowest BCUT2D eigenvalue weighted by atomic mass is 10.1. The van der Waals surface area contributed by atoms with Gasteiger partial charge in [0.25, 0.3) is 0 Å². The summed E-state index contributed by atoms with van der Waals surface area (Å²) in [4.78, 5) is 43.3. The Morgan fingerprint density at radius 1 is 1.07 bits per heavy atom. The Labute approximate surface area is 251 Å². The number of nitrogens with one attached hydrogen (secondary N) is 3. The van der Waals surface area contributed by atoms with Crippen molar-refractivity contribution in [3.8, 4) is 0 Å². The number of nitrogens with zero attached hydrogens (tertiary/aromatic N) is 2. The molecule has 0 radical (unpaired) electrons. The predicted molar refractivity (Wildman–Crippen MR) is 159 cm³/mol. The molecule has 2 aromatic rings. The largest absolute Gasteiger partial charge is 0.350 e. The molecule has 2 aliphatic rings. The molecule has 0 spiro atoms. The van der Waals surface area contributed by atoms with E-state index in [4.69, 9.17) is 23.1 Å². The molecule has 2 heterocycles. The fraction of sp³-hybridized carbons (Fsp3) is 0.464. The molecule has 14 heteroatoms. The van der Waals surface area contributed by atoms with Crippen molar-refractivity contribution < 1.29 is 22.8 Å². The second kappa shape index (κ2) is 14.4. The Morgan fingerprint density at radius 2 is 1.79 bits per heavy atom. The van der Waals surface area contributed by atoms with Crippen molar-refractivity contribution in [1.29, 1.82) is 0 Å². The Bertz CT molecular complexity index is 1370. The predicted octanol–water partition coefficient (Wildman–Crippen LogP) is -0.347. The number of sulfonamides is 1. The molecule has 12 nitrogen and oxygen atoms in total. The number of piperazine rings is 1. The first-order valence-corrected chi connectivity index (χ1v) is 15.9. The van der Waals surface area contributed by atoms with Gasteiger partial charge in [-0.05, 0) is 35.2 Å². The molecule has 2 saturated heterocycles. The van der Waals surface area contributed by atoms with Gasteiger partial charge in [0.15, 0.2) is 0 Å². The van der Waals surface area contributed by atoms with Gasteiger partial charge in [-0.3, -0.25) is 14.4 Å². The van der Waals surface area contributed by atoms with Crippen molar-refractivity contribution >= 4 is 39.3 Å².